The fourth-order valence-corrected chi connectivity index (χ4v) is 3.42. The number of allylic oxidation sites excluding steroid dienone is 2. The Hall–Kier alpha value is -0.930. The third-order valence-corrected chi connectivity index (χ3v) is 4.60. The molecule has 0 N–H and O–H groups in total. The number of carbonyl (C=O) groups excluding carboxylic acids is 1. The Labute approximate surface area is 128 Å². The molecule has 0 spiro atoms. The van der Waals surface area contributed by atoms with Crippen molar-refractivity contribution in [1.29, 1.82) is 0 Å². The lowest BCUT2D eigenvalue weighted by molar-refractivity contribution is -0.150. The van der Waals surface area contributed by atoms with E-state index < -0.39 is 5.79 Å². The molecule has 3 heteroatoms. The number of ether oxygens (including phenoxy) is 2. The Morgan fingerprint density at radius 3 is 2.67 bits per heavy atom. The lowest BCUT2D eigenvalue weighted by atomic mass is 9.80. The number of hydrogen-bond acceptors (Lipinski definition) is 3. The van der Waals surface area contributed by atoms with Gasteiger partial charge in [-0.1, -0.05) is 26.5 Å². The Morgan fingerprint density at radius 1 is 1.33 bits per heavy atom. The Morgan fingerprint density at radius 2 is 2.05 bits per heavy atom. The number of fused-ring (bicyclic) bond motifs is 1. The molecule has 0 aromatic rings. The second-order valence-electron chi connectivity index (χ2n) is 7.06. The highest BCUT2D eigenvalue weighted by Crippen LogP contribution is 2.41. The fraction of sp³-hybridized carbons (Fsp3) is 0.722. The zero-order valence-electron chi connectivity index (χ0n) is 13.7. The normalized spacial score (nSPS) is 36.0. The van der Waals surface area contributed by atoms with Crippen molar-refractivity contribution in [3.05, 3.63) is 23.8 Å². The van der Waals surface area contributed by atoms with Crippen LogP contribution in [0.5, 0.6) is 0 Å². The Bertz CT molecular complexity index is 434. The highest BCUT2D eigenvalue weighted by molar-refractivity contribution is 5.72. The van der Waals surface area contributed by atoms with Crippen LogP contribution in [0.15, 0.2) is 23.8 Å². The molecule has 118 valence electrons. The third kappa shape index (κ3) is 3.83. The topological polar surface area (TPSA) is 35.5 Å². The van der Waals surface area contributed by atoms with Crippen molar-refractivity contribution < 1.29 is 14.3 Å². The van der Waals surface area contributed by atoms with Crippen LogP contribution in [0.4, 0.5) is 0 Å². The van der Waals surface area contributed by atoms with Crippen LogP contribution in [0.3, 0.4) is 0 Å². The molecule has 0 aromatic heterocycles. The molecule has 0 aromatic carbocycles. The van der Waals surface area contributed by atoms with Gasteiger partial charge in [0.05, 0.1) is 6.10 Å². The van der Waals surface area contributed by atoms with Gasteiger partial charge in [0.25, 0.3) is 0 Å². The van der Waals surface area contributed by atoms with Crippen LogP contribution in [0, 0.1) is 11.8 Å². The van der Waals surface area contributed by atoms with Crippen molar-refractivity contribution in [2.75, 3.05) is 0 Å². The van der Waals surface area contributed by atoms with E-state index in [2.05, 4.69) is 26.5 Å². The second kappa shape index (κ2) is 6.45. The van der Waals surface area contributed by atoms with Gasteiger partial charge >= 0.3 is 0 Å². The van der Waals surface area contributed by atoms with Crippen LogP contribution < -0.4 is 0 Å². The molecular formula is C18H28O3. The molecule has 1 aliphatic heterocycles. The first-order valence-electron chi connectivity index (χ1n) is 8.01. The van der Waals surface area contributed by atoms with Crippen LogP contribution in [0.25, 0.3) is 0 Å². The van der Waals surface area contributed by atoms with Gasteiger partial charge in [0.15, 0.2) is 5.79 Å². The average molecular weight is 292 g/mol. The van der Waals surface area contributed by atoms with Crippen LogP contribution >= 0.6 is 0 Å². The van der Waals surface area contributed by atoms with E-state index >= 15 is 0 Å². The first-order valence-corrected chi connectivity index (χ1v) is 8.01. The van der Waals surface area contributed by atoms with Crippen molar-refractivity contribution >= 4 is 6.29 Å². The van der Waals surface area contributed by atoms with E-state index in [-0.39, 0.29) is 12.2 Å². The zero-order valence-corrected chi connectivity index (χ0v) is 13.7. The van der Waals surface area contributed by atoms with Crippen molar-refractivity contribution in [3.63, 3.8) is 0 Å². The van der Waals surface area contributed by atoms with Gasteiger partial charge in [0, 0.05) is 0 Å². The summed E-state index contributed by atoms with van der Waals surface area (Å²) in [4.78, 5) is 11.2. The highest BCUT2D eigenvalue weighted by Gasteiger charge is 2.46. The minimum absolute atomic E-state index is 0.0291. The van der Waals surface area contributed by atoms with E-state index in [4.69, 9.17) is 9.47 Å². The fourth-order valence-electron chi connectivity index (χ4n) is 3.42. The summed E-state index contributed by atoms with van der Waals surface area (Å²) < 4.78 is 12.3. The van der Waals surface area contributed by atoms with E-state index in [0.717, 1.165) is 43.1 Å². The van der Waals surface area contributed by atoms with Gasteiger partial charge in [-0.15, -0.1) is 0 Å². The quantitative estimate of drug-likeness (QED) is 0.569. The van der Waals surface area contributed by atoms with Gasteiger partial charge in [0.1, 0.15) is 12.4 Å². The predicted octanol–water partition coefficient (Wildman–Crippen LogP) is 4.03. The lowest BCUT2D eigenvalue weighted by Gasteiger charge is -2.31. The predicted molar refractivity (Wildman–Crippen MR) is 83.9 cm³/mol. The molecule has 21 heavy (non-hydrogen) atoms. The monoisotopic (exact) mass is 292 g/mol. The molecular weight excluding hydrogens is 264 g/mol. The molecule has 1 heterocycles. The summed E-state index contributed by atoms with van der Waals surface area (Å²) in [7, 11) is 0. The van der Waals surface area contributed by atoms with Gasteiger partial charge in [0.2, 0.25) is 0 Å². The number of hydrogen-bond donors (Lipinski definition) is 0. The van der Waals surface area contributed by atoms with Gasteiger partial charge in [-0.05, 0) is 62.5 Å². The number of rotatable bonds is 2. The highest BCUT2D eigenvalue weighted by atomic mass is 16.8. The summed E-state index contributed by atoms with van der Waals surface area (Å²) in [6.45, 7) is 12.6. The molecule has 0 radical (unpaired) electrons. The van der Waals surface area contributed by atoms with Crippen molar-refractivity contribution in [2.45, 2.75) is 71.4 Å². The average Bonchev–Trinajstić information content (AvgIpc) is 2.72. The minimum Gasteiger partial charge on any atom is -0.344 e. The van der Waals surface area contributed by atoms with Crippen LogP contribution in [-0.2, 0) is 14.3 Å². The molecule has 0 saturated carbocycles. The zero-order chi connectivity index (χ0) is 15.6. The van der Waals surface area contributed by atoms with Gasteiger partial charge in [-0.3, -0.25) is 4.79 Å². The molecule has 1 aliphatic carbocycles. The number of carbonyl (C=O) groups is 1. The van der Waals surface area contributed by atoms with E-state index in [1.165, 1.54) is 0 Å². The molecule has 2 aliphatic rings. The minimum atomic E-state index is -0.555. The molecule has 0 bridgehead atoms. The van der Waals surface area contributed by atoms with Gasteiger partial charge in [-0.2, -0.15) is 0 Å². The summed E-state index contributed by atoms with van der Waals surface area (Å²) in [5.41, 5.74) is 1.99. The SMILES string of the molecule is C=C1CC/C=C(/C=O)CC[C@@H](C(C)C)[C@H]2OC(C)(C)O[C@H]12. The number of aldehydes is 1. The first-order chi connectivity index (χ1) is 9.84. The molecule has 3 atom stereocenters. The summed E-state index contributed by atoms with van der Waals surface area (Å²) in [6.07, 6.45) is 6.54. The standard InChI is InChI=1S/C18H28O3/c1-12(2)15-10-9-14(11-19)8-6-7-13(3)16-17(15)21-18(4,5)20-16/h8,11-12,15-17H,3,6-7,9-10H2,1-2,4-5H3/b14-8+/t15-,16+,17+/m0/s1. The summed E-state index contributed by atoms with van der Waals surface area (Å²) in [6, 6.07) is 0. The van der Waals surface area contributed by atoms with E-state index in [0.29, 0.717) is 11.8 Å². The smallest absolute Gasteiger partial charge is 0.164 e. The molecule has 2 rings (SSSR count). The van der Waals surface area contributed by atoms with Gasteiger partial charge in [-0.25, -0.2) is 0 Å². The molecule has 3 nitrogen and oxygen atoms in total. The summed E-state index contributed by atoms with van der Waals surface area (Å²) >= 11 is 0. The van der Waals surface area contributed by atoms with Crippen molar-refractivity contribution in [1.82, 2.24) is 0 Å². The van der Waals surface area contributed by atoms with Gasteiger partial charge < -0.3 is 9.47 Å². The Balaban J connectivity index is 2.29. The maximum Gasteiger partial charge on any atom is 0.164 e. The van der Waals surface area contributed by atoms with Crippen molar-refractivity contribution in [3.8, 4) is 0 Å². The van der Waals surface area contributed by atoms with Crippen LogP contribution in [0.2, 0.25) is 0 Å². The maximum absolute atomic E-state index is 11.2. The van der Waals surface area contributed by atoms with Crippen LogP contribution in [0.1, 0.15) is 53.4 Å². The molecule has 0 amide bonds. The summed E-state index contributed by atoms with van der Waals surface area (Å²) in [5, 5.41) is 0. The molecule has 1 saturated heterocycles. The largest absolute Gasteiger partial charge is 0.344 e. The van der Waals surface area contributed by atoms with E-state index in [9.17, 15) is 4.79 Å². The molecule has 0 unspecified atom stereocenters. The van der Waals surface area contributed by atoms with E-state index in [1.54, 1.807) is 0 Å². The third-order valence-electron chi connectivity index (χ3n) is 4.60. The van der Waals surface area contributed by atoms with Crippen LogP contribution in [-0.4, -0.2) is 24.3 Å². The Kier molecular flexibility index (Phi) is 5.05. The molecule has 1 fully saturated rings. The summed E-state index contributed by atoms with van der Waals surface area (Å²) in [5.74, 6) is 0.297. The van der Waals surface area contributed by atoms with E-state index in [1.807, 2.05) is 13.8 Å². The second-order valence-corrected chi connectivity index (χ2v) is 7.06. The first kappa shape index (κ1) is 16.4. The van der Waals surface area contributed by atoms with Crippen molar-refractivity contribution in [2.24, 2.45) is 11.8 Å². The lowest BCUT2D eigenvalue weighted by Crippen LogP contribution is -2.35. The maximum atomic E-state index is 11.2.